The molecule has 0 spiro atoms. The van der Waals surface area contributed by atoms with Crippen molar-refractivity contribution in [2.75, 3.05) is 13.2 Å². The van der Waals surface area contributed by atoms with Gasteiger partial charge in [-0.25, -0.2) is 9.78 Å². The van der Waals surface area contributed by atoms with E-state index in [0.717, 1.165) is 60.0 Å². The van der Waals surface area contributed by atoms with E-state index in [-0.39, 0.29) is 0 Å². The summed E-state index contributed by atoms with van der Waals surface area (Å²) in [5.74, 6) is -0.911. The zero-order chi connectivity index (χ0) is 20.2. The summed E-state index contributed by atoms with van der Waals surface area (Å²) in [7, 11) is 0. The van der Waals surface area contributed by atoms with E-state index in [2.05, 4.69) is 17.4 Å². The fourth-order valence-electron chi connectivity index (χ4n) is 3.57. The number of aromatic nitrogens is 1. The second-order valence-electron chi connectivity index (χ2n) is 7.28. The highest BCUT2D eigenvalue weighted by molar-refractivity contribution is 7.15. The predicted molar refractivity (Wildman–Crippen MR) is 115 cm³/mol. The topological polar surface area (TPSA) is 71.5 Å². The Morgan fingerprint density at radius 2 is 2.00 bits per heavy atom. The van der Waals surface area contributed by atoms with Crippen molar-refractivity contribution < 1.29 is 14.6 Å². The molecule has 2 heterocycles. The molecule has 0 saturated carbocycles. The molecule has 1 unspecified atom stereocenters. The number of benzene rings is 2. The van der Waals surface area contributed by atoms with Crippen LogP contribution in [-0.4, -0.2) is 35.3 Å². The molecule has 0 radical (unpaired) electrons. The van der Waals surface area contributed by atoms with Crippen LogP contribution in [0.1, 0.15) is 33.9 Å². The van der Waals surface area contributed by atoms with Crippen LogP contribution in [0.2, 0.25) is 0 Å². The van der Waals surface area contributed by atoms with Crippen LogP contribution in [0.4, 0.5) is 0 Å². The molecule has 1 aliphatic heterocycles. The van der Waals surface area contributed by atoms with E-state index in [1.165, 1.54) is 4.88 Å². The lowest BCUT2D eigenvalue weighted by Crippen LogP contribution is -2.36. The minimum absolute atomic E-state index is 0.295. The van der Waals surface area contributed by atoms with Crippen molar-refractivity contribution in [1.82, 2.24) is 10.3 Å². The molecule has 2 N–H and O–H groups in total. The summed E-state index contributed by atoms with van der Waals surface area (Å²) in [5.41, 5.74) is 4.52. The summed E-state index contributed by atoms with van der Waals surface area (Å²) in [6, 6.07) is 15.7. The van der Waals surface area contributed by atoms with Crippen LogP contribution >= 0.6 is 11.3 Å². The first kappa shape index (κ1) is 19.8. The molecule has 1 atom stereocenters. The molecule has 5 nitrogen and oxygen atoms in total. The predicted octanol–water partition coefficient (Wildman–Crippen LogP) is 4.75. The van der Waals surface area contributed by atoms with Crippen molar-refractivity contribution in [3.63, 3.8) is 0 Å². The monoisotopic (exact) mass is 408 g/mol. The molecule has 6 heteroatoms. The molecule has 1 saturated heterocycles. The van der Waals surface area contributed by atoms with Crippen molar-refractivity contribution >= 4 is 17.3 Å². The standard InChI is InChI=1S/C23H24N2O3S/c1-15-22(29-21(25-15)13-24-20-6-3-11-28-14-20)19-5-2-4-18(12-19)16-7-9-17(10-8-16)23(26)27/h2,4-5,7-10,12,20,24H,3,6,11,13-14H2,1H3,(H,26,27). The summed E-state index contributed by atoms with van der Waals surface area (Å²) < 4.78 is 5.53. The van der Waals surface area contributed by atoms with E-state index in [9.17, 15) is 4.79 Å². The fraction of sp³-hybridized carbons (Fsp3) is 0.304. The number of nitrogens with one attached hydrogen (secondary N) is 1. The highest BCUT2D eigenvalue weighted by atomic mass is 32.1. The van der Waals surface area contributed by atoms with Crippen molar-refractivity contribution in [3.05, 3.63) is 64.8 Å². The van der Waals surface area contributed by atoms with Gasteiger partial charge < -0.3 is 15.2 Å². The van der Waals surface area contributed by atoms with Gasteiger partial charge in [0.15, 0.2) is 0 Å². The van der Waals surface area contributed by atoms with Gasteiger partial charge in [0.25, 0.3) is 0 Å². The molecule has 0 aliphatic carbocycles. The Labute approximate surface area is 174 Å². The summed E-state index contributed by atoms with van der Waals surface area (Å²) in [6.45, 7) is 4.46. The number of aryl methyl sites for hydroxylation is 1. The maximum Gasteiger partial charge on any atom is 0.335 e. The molecule has 4 rings (SSSR count). The smallest absolute Gasteiger partial charge is 0.335 e. The Hall–Kier alpha value is -2.54. The number of ether oxygens (including phenoxy) is 1. The molecule has 0 amide bonds. The van der Waals surface area contributed by atoms with Gasteiger partial charge in [-0.05, 0) is 54.7 Å². The largest absolute Gasteiger partial charge is 0.478 e. The van der Waals surface area contributed by atoms with E-state index in [0.29, 0.717) is 11.6 Å². The average molecular weight is 409 g/mol. The Balaban J connectivity index is 1.51. The third-order valence-corrected chi connectivity index (χ3v) is 6.34. The number of hydrogen-bond donors (Lipinski definition) is 2. The number of rotatable bonds is 6. The Kier molecular flexibility index (Phi) is 6.04. The van der Waals surface area contributed by atoms with Gasteiger partial charge in [-0.3, -0.25) is 0 Å². The summed E-state index contributed by atoms with van der Waals surface area (Å²) in [5, 5.41) is 13.7. The summed E-state index contributed by atoms with van der Waals surface area (Å²) in [6.07, 6.45) is 2.26. The normalized spacial score (nSPS) is 16.7. The minimum atomic E-state index is -0.911. The number of carboxylic acids is 1. The highest BCUT2D eigenvalue weighted by Crippen LogP contribution is 2.33. The second kappa shape index (κ2) is 8.86. The van der Waals surface area contributed by atoms with Crippen LogP contribution < -0.4 is 5.32 Å². The lowest BCUT2D eigenvalue weighted by molar-refractivity contribution is 0.0696. The van der Waals surface area contributed by atoms with E-state index in [4.69, 9.17) is 14.8 Å². The van der Waals surface area contributed by atoms with E-state index < -0.39 is 5.97 Å². The van der Waals surface area contributed by atoms with Gasteiger partial charge in [0.2, 0.25) is 0 Å². The fourth-order valence-corrected chi connectivity index (χ4v) is 4.59. The lowest BCUT2D eigenvalue weighted by Gasteiger charge is -2.22. The quantitative estimate of drug-likeness (QED) is 0.616. The van der Waals surface area contributed by atoms with Crippen LogP contribution in [-0.2, 0) is 11.3 Å². The highest BCUT2D eigenvalue weighted by Gasteiger charge is 2.15. The van der Waals surface area contributed by atoms with Crippen molar-refractivity contribution in [1.29, 1.82) is 0 Å². The first-order valence-corrected chi connectivity index (χ1v) is 10.6. The Morgan fingerprint density at radius 1 is 1.21 bits per heavy atom. The average Bonchev–Trinajstić information content (AvgIpc) is 3.14. The minimum Gasteiger partial charge on any atom is -0.478 e. The number of thiazole rings is 1. The molecule has 3 aromatic rings. The molecule has 1 aromatic heterocycles. The van der Waals surface area contributed by atoms with Crippen molar-refractivity contribution in [2.24, 2.45) is 0 Å². The van der Waals surface area contributed by atoms with Gasteiger partial charge in [0.05, 0.1) is 22.7 Å². The van der Waals surface area contributed by atoms with E-state index >= 15 is 0 Å². The second-order valence-corrected chi connectivity index (χ2v) is 8.36. The van der Waals surface area contributed by atoms with Gasteiger partial charge in [-0.1, -0.05) is 30.3 Å². The van der Waals surface area contributed by atoms with Gasteiger partial charge in [0, 0.05) is 19.2 Å². The van der Waals surface area contributed by atoms with Gasteiger partial charge >= 0.3 is 5.97 Å². The van der Waals surface area contributed by atoms with E-state index in [1.807, 2.05) is 31.2 Å². The Morgan fingerprint density at radius 3 is 2.72 bits per heavy atom. The van der Waals surface area contributed by atoms with Crippen LogP contribution in [0.5, 0.6) is 0 Å². The zero-order valence-electron chi connectivity index (χ0n) is 16.4. The number of hydrogen-bond acceptors (Lipinski definition) is 5. The third kappa shape index (κ3) is 4.72. The van der Waals surface area contributed by atoms with Crippen LogP contribution in [0, 0.1) is 6.92 Å². The summed E-state index contributed by atoms with van der Waals surface area (Å²) in [4.78, 5) is 17.0. The molecule has 29 heavy (non-hydrogen) atoms. The first-order valence-electron chi connectivity index (χ1n) is 9.82. The third-order valence-electron chi connectivity index (χ3n) is 5.13. The number of aromatic carboxylic acids is 1. The van der Waals surface area contributed by atoms with Crippen LogP contribution in [0.25, 0.3) is 21.6 Å². The van der Waals surface area contributed by atoms with Gasteiger partial charge in [-0.2, -0.15) is 0 Å². The summed E-state index contributed by atoms with van der Waals surface area (Å²) >= 11 is 1.72. The molecule has 150 valence electrons. The van der Waals surface area contributed by atoms with Crippen LogP contribution in [0.3, 0.4) is 0 Å². The molecular weight excluding hydrogens is 384 g/mol. The van der Waals surface area contributed by atoms with Crippen molar-refractivity contribution in [3.8, 4) is 21.6 Å². The van der Waals surface area contributed by atoms with Crippen molar-refractivity contribution in [2.45, 2.75) is 32.4 Å². The maximum atomic E-state index is 11.1. The molecule has 1 fully saturated rings. The number of carbonyl (C=O) groups is 1. The Bertz CT molecular complexity index is 992. The zero-order valence-corrected chi connectivity index (χ0v) is 17.2. The number of carboxylic acid groups (broad SMARTS) is 1. The molecule has 1 aliphatic rings. The SMILES string of the molecule is Cc1nc(CNC2CCCOC2)sc1-c1cccc(-c2ccc(C(=O)O)cc2)c1. The van der Waals surface area contributed by atoms with Gasteiger partial charge in [-0.15, -0.1) is 11.3 Å². The lowest BCUT2D eigenvalue weighted by atomic mass is 10.0. The van der Waals surface area contributed by atoms with Gasteiger partial charge in [0.1, 0.15) is 5.01 Å². The van der Waals surface area contributed by atoms with E-state index in [1.54, 1.807) is 23.5 Å². The van der Waals surface area contributed by atoms with Crippen LogP contribution in [0.15, 0.2) is 48.5 Å². The first-order chi connectivity index (χ1) is 14.1. The number of nitrogens with zero attached hydrogens (tertiary/aromatic N) is 1. The molecular formula is C23H24N2O3S. The maximum absolute atomic E-state index is 11.1. The molecule has 2 aromatic carbocycles. The molecule has 0 bridgehead atoms.